The van der Waals surface area contributed by atoms with Crippen molar-refractivity contribution in [3.63, 3.8) is 0 Å². The van der Waals surface area contributed by atoms with Crippen LogP contribution >= 0.6 is 0 Å². The van der Waals surface area contributed by atoms with Gasteiger partial charge in [-0.05, 0) is 21.0 Å². The Morgan fingerprint density at radius 3 is 2.64 bits per heavy atom. The lowest BCUT2D eigenvalue weighted by atomic mass is 10.0. The molecule has 2 atom stereocenters. The number of likely N-dealkylation sites (tertiary alicyclic amines) is 1. The number of nitrogens with zero attached hydrogens (tertiary/aromatic N) is 4. The highest BCUT2D eigenvalue weighted by atomic mass is 16.5. The number of aromatic nitrogens is 1. The Morgan fingerprint density at radius 2 is 2.04 bits per heavy atom. The second-order valence-electron chi connectivity index (χ2n) is 7.14. The number of carbonyl (C=O) groups is 1. The fourth-order valence-electron chi connectivity index (χ4n) is 3.66. The van der Waals surface area contributed by atoms with Crippen LogP contribution in [0.15, 0.2) is 4.52 Å². The number of aliphatic hydroxyl groups is 1. The molecule has 2 saturated heterocycles. The van der Waals surface area contributed by atoms with Gasteiger partial charge in [0.15, 0.2) is 5.69 Å². The maximum absolute atomic E-state index is 13.0. The van der Waals surface area contributed by atoms with Crippen LogP contribution in [0, 0.1) is 12.8 Å². The van der Waals surface area contributed by atoms with Crippen LogP contribution in [0.2, 0.25) is 0 Å². The second-order valence-corrected chi connectivity index (χ2v) is 7.14. The summed E-state index contributed by atoms with van der Waals surface area (Å²) in [5.74, 6) is 0.648. The van der Waals surface area contributed by atoms with Crippen LogP contribution < -0.4 is 0 Å². The van der Waals surface area contributed by atoms with E-state index in [4.69, 9.17) is 9.26 Å². The Morgan fingerprint density at radius 1 is 1.32 bits per heavy atom. The summed E-state index contributed by atoms with van der Waals surface area (Å²) in [5, 5.41) is 13.7. The van der Waals surface area contributed by atoms with E-state index in [9.17, 15) is 9.90 Å². The highest BCUT2D eigenvalue weighted by Crippen LogP contribution is 2.24. The predicted octanol–water partition coefficient (Wildman–Crippen LogP) is -0.190. The third-order valence-electron chi connectivity index (χ3n) is 5.26. The second kappa shape index (κ2) is 7.82. The van der Waals surface area contributed by atoms with Gasteiger partial charge in [-0.3, -0.25) is 9.69 Å². The molecule has 0 spiro atoms. The van der Waals surface area contributed by atoms with Crippen LogP contribution in [0.5, 0.6) is 0 Å². The number of hydrogen-bond acceptors (Lipinski definition) is 7. The molecule has 8 nitrogen and oxygen atoms in total. The molecule has 3 heterocycles. The van der Waals surface area contributed by atoms with Gasteiger partial charge in [0.05, 0.1) is 13.2 Å². The lowest BCUT2D eigenvalue weighted by Crippen LogP contribution is -2.38. The Bertz CT molecular complexity index is 597. The summed E-state index contributed by atoms with van der Waals surface area (Å²) in [6.45, 7) is 6.82. The van der Waals surface area contributed by atoms with Gasteiger partial charge in [-0.1, -0.05) is 5.16 Å². The number of morpholine rings is 1. The normalized spacial score (nSPS) is 25.1. The maximum atomic E-state index is 13.0. The molecule has 2 unspecified atom stereocenters. The number of rotatable bonds is 5. The van der Waals surface area contributed by atoms with Crippen molar-refractivity contribution in [2.24, 2.45) is 5.92 Å². The number of aliphatic hydroxyl groups excluding tert-OH is 1. The first-order valence-electron chi connectivity index (χ1n) is 8.83. The monoisotopic (exact) mass is 352 g/mol. The first-order valence-corrected chi connectivity index (χ1v) is 8.83. The van der Waals surface area contributed by atoms with Gasteiger partial charge < -0.3 is 24.2 Å². The molecule has 3 rings (SSSR count). The molecule has 140 valence electrons. The highest BCUT2D eigenvalue weighted by molar-refractivity contribution is 5.94. The smallest absolute Gasteiger partial charge is 0.276 e. The van der Waals surface area contributed by atoms with Crippen LogP contribution in [-0.4, -0.2) is 97.0 Å². The summed E-state index contributed by atoms with van der Waals surface area (Å²) in [7, 11) is 3.96. The van der Waals surface area contributed by atoms with Crippen molar-refractivity contribution in [3.05, 3.63) is 17.0 Å². The van der Waals surface area contributed by atoms with Gasteiger partial charge in [0, 0.05) is 56.9 Å². The zero-order chi connectivity index (χ0) is 18.0. The van der Waals surface area contributed by atoms with Crippen LogP contribution in [0.3, 0.4) is 0 Å². The molecule has 1 aromatic heterocycles. The molecule has 8 heteroatoms. The quantitative estimate of drug-likeness (QED) is 0.786. The van der Waals surface area contributed by atoms with Crippen molar-refractivity contribution >= 4 is 5.91 Å². The van der Waals surface area contributed by atoms with E-state index in [2.05, 4.69) is 15.0 Å². The number of amides is 1. The number of ether oxygens (including phenoxy) is 1. The van der Waals surface area contributed by atoms with Crippen LogP contribution in [0.25, 0.3) is 0 Å². The third-order valence-corrected chi connectivity index (χ3v) is 5.26. The van der Waals surface area contributed by atoms with Gasteiger partial charge >= 0.3 is 0 Å². The molecule has 0 aliphatic carbocycles. The minimum Gasteiger partial charge on any atom is -0.396 e. The Balaban J connectivity index is 1.74. The highest BCUT2D eigenvalue weighted by Gasteiger charge is 2.38. The van der Waals surface area contributed by atoms with Crippen molar-refractivity contribution in [3.8, 4) is 0 Å². The molecule has 2 aliphatic rings. The molecular weight excluding hydrogens is 324 g/mol. The third kappa shape index (κ3) is 3.87. The Labute approximate surface area is 148 Å². The van der Waals surface area contributed by atoms with Gasteiger partial charge in [-0.2, -0.15) is 0 Å². The topological polar surface area (TPSA) is 82.3 Å². The lowest BCUT2D eigenvalue weighted by molar-refractivity contribution is 0.0338. The van der Waals surface area contributed by atoms with Crippen molar-refractivity contribution in [2.75, 3.05) is 60.1 Å². The first-order chi connectivity index (χ1) is 12.0. The van der Waals surface area contributed by atoms with Crippen molar-refractivity contribution < 1.29 is 19.2 Å². The molecule has 0 aromatic carbocycles. The van der Waals surface area contributed by atoms with Gasteiger partial charge in [0.2, 0.25) is 0 Å². The standard InChI is InChI=1S/C17H28N4O4/c1-12-14(9-20-4-6-24-7-5-20)16(18-25-12)17(23)21-8-13(11-22)15(10-21)19(2)3/h13,15,22H,4-11H2,1-3H3. The minimum absolute atomic E-state index is 0.0645. The largest absolute Gasteiger partial charge is 0.396 e. The zero-order valence-electron chi connectivity index (χ0n) is 15.3. The number of hydrogen-bond donors (Lipinski definition) is 1. The lowest BCUT2D eigenvalue weighted by Gasteiger charge is -2.26. The SMILES string of the molecule is Cc1onc(C(=O)N2CC(CO)C(N(C)C)C2)c1CN1CCOCC1. The summed E-state index contributed by atoms with van der Waals surface area (Å²) in [6.07, 6.45) is 0. The van der Waals surface area contributed by atoms with E-state index >= 15 is 0 Å². The summed E-state index contributed by atoms with van der Waals surface area (Å²) >= 11 is 0. The molecule has 0 radical (unpaired) electrons. The molecule has 2 aliphatic heterocycles. The van der Waals surface area contributed by atoms with Crippen LogP contribution in [0.4, 0.5) is 0 Å². The fraction of sp³-hybridized carbons (Fsp3) is 0.765. The summed E-state index contributed by atoms with van der Waals surface area (Å²) in [5.41, 5.74) is 1.26. The number of aryl methyl sites for hydroxylation is 1. The van der Waals surface area contributed by atoms with E-state index in [1.807, 2.05) is 21.0 Å². The van der Waals surface area contributed by atoms with Crippen LogP contribution in [0.1, 0.15) is 21.8 Å². The van der Waals surface area contributed by atoms with E-state index in [0.717, 1.165) is 18.7 Å². The van der Waals surface area contributed by atoms with Crippen molar-refractivity contribution in [1.82, 2.24) is 19.9 Å². The Hall–Kier alpha value is -1.48. The van der Waals surface area contributed by atoms with E-state index in [-0.39, 0.29) is 24.5 Å². The number of likely N-dealkylation sites (N-methyl/N-ethyl adjacent to an activating group) is 1. The molecule has 2 fully saturated rings. The molecule has 0 saturated carbocycles. The van der Waals surface area contributed by atoms with E-state index in [1.165, 1.54) is 0 Å². The predicted molar refractivity (Wildman–Crippen MR) is 91.3 cm³/mol. The molecule has 1 amide bonds. The van der Waals surface area contributed by atoms with Crippen LogP contribution in [-0.2, 0) is 11.3 Å². The molecule has 0 bridgehead atoms. The van der Waals surface area contributed by atoms with Gasteiger partial charge in [0.1, 0.15) is 5.76 Å². The number of carbonyl (C=O) groups excluding carboxylic acids is 1. The van der Waals surface area contributed by atoms with Crippen molar-refractivity contribution in [1.29, 1.82) is 0 Å². The fourth-order valence-corrected chi connectivity index (χ4v) is 3.66. The van der Waals surface area contributed by atoms with Gasteiger partial charge in [-0.15, -0.1) is 0 Å². The molecular formula is C17H28N4O4. The molecule has 1 N–H and O–H groups in total. The average molecular weight is 352 g/mol. The zero-order valence-corrected chi connectivity index (χ0v) is 15.3. The van der Waals surface area contributed by atoms with Gasteiger partial charge in [-0.25, -0.2) is 0 Å². The van der Waals surface area contributed by atoms with E-state index < -0.39 is 0 Å². The summed E-state index contributed by atoms with van der Waals surface area (Å²) in [4.78, 5) is 19.1. The molecule has 1 aromatic rings. The summed E-state index contributed by atoms with van der Waals surface area (Å²) < 4.78 is 10.7. The summed E-state index contributed by atoms with van der Waals surface area (Å²) in [6, 6.07) is 0.157. The molecule has 25 heavy (non-hydrogen) atoms. The minimum atomic E-state index is -0.108. The average Bonchev–Trinajstić information content (AvgIpc) is 3.20. The maximum Gasteiger partial charge on any atom is 0.276 e. The van der Waals surface area contributed by atoms with E-state index in [0.29, 0.717) is 44.3 Å². The first kappa shape index (κ1) is 18.3. The Kier molecular flexibility index (Phi) is 5.73. The van der Waals surface area contributed by atoms with E-state index in [1.54, 1.807) is 4.90 Å². The van der Waals surface area contributed by atoms with Gasteiger partial charge in [0.25, 0.3) is 5.91 Å². The van der Waals surface area contributed by atoms with Crippen molar-refractivity contribution in [2.45, 2.75) is 19.5 Å².